The number of allylic oxidation sites excluding steroid dienone is 2. The van der Waals surface area contributed by atoms with E-state index in [2.05, 4.69) is 121 Å². The summed E-state index contributed by atoms with van der Waals surface area (Å²) in [4.78, 5) is 4.66. The number of nitrogens with one attached hydrogen (secondary N) is 1. The Kier molecular flexibility index (Phi) is 6.40. The number of benzene rings is 3. The fraction of sp³-hybridized carbons (Fsp3) is 0.100. The van der Waals surface area contributed by atoms with Gasteiger partial charge in [0.15, 0.2) is 0 Å². The molecule has 0 bridgehead atoms. The Morgan fingerprint density at radius 3 is 2.30 bits per heavy atom. The SMILES string of the molecule is CC1=CC(c2ccccc2[I-]c2cccc(C)c2-c2ccccn2)NC=C1c1ccccc1. The van der Waals surface area contributed by atoms with E-state index in [1.807, 2.05) is 12.3 Å². The topological polar surface area (TPSA) is 24.9 Å². The van der Waals surface area contributed by atoms with Crippen molar-refractivity contribution in [3.63, 3.8) is 0 Å². The van der Waals surface area contributed by atoms with Gasteiger partial charge in [0.05, 0.1) is 0 Å². The van der Waals surface area contributed by atoms with Crippen LogP contribution in [0.4, 0.5) is 0 Å². The summed E-state index contributed by atoms with van der Waals surface area (Å²) in [6.07, 6.45) is 6.42. The van der Waals surface area contributed by atoms with Crippen LogP contribution in [0.3, 0.4) is 0 Å². The van der Waals surface area contributed by atoms with E-state index in [1.165, 1.54) is 40.5 Å². The van der Waals surface area contributed by atoms with Gasteiger partial charge in [0, 0.05) is 0 Å². The van der Waals surface area contributed by atoms with Gasteiger partial charge in [0.2, 0.25) is 0 Å². The zero-order chi connectivity index (χ0) is 22.6. The molecule has 0 saturated carbocycles. The molecule has 1 aromatic heterocycles. The minimum absolute atomic E-state index is 0.177. The molecule has 0 spiro atoms. The summed E-state index contributed by atoms with van der Waals surface area (Å²) < 4.78 is 2.86. The molecule has 5 rings (SSSR count). The Hall–Kier alpha value is -3.18. The molecule has 0 saturated heterocycles. The van der Waals surface area contributed by atoms with Gasteiger partial charge in [-0.05, 0) is 0 Å². The molecule has 0 radical (unpaired) electrons. The molecule has 0 fully saturated rings. The summed E-state index contributed by atoms with van der Waals surface area (Å²) in [7, 11) is 0. The van der Waals surface area contributed by atoms with Crippen LogP contribution in [0.15, 0.2) is 115 Å². The van der Waals surface area contributed by atoms with Crippen LogP contribution in [0.1, 0.15) is 29.7 Å². The summed E-state index contributed by atoms with van der Waals surface area (Å²) >= 11 is -0.385. The average molecular weight is 541 g/mol. The summed E-state index contributed by atoms with van der Waals surface area (Å²) in [6.45, 7) is 4.40. The molecule has 0 aliphatic carbocycles. The molecule has 1 atom stereocenters. The van der Waals surface area contributed by atoms with E-state index in [0.717, 1.165) is 5.69 Å². The van der Waals surface area contributed by atoms with Gasteiger partial charge in [-0.25, -0.2) is 0 Å². The maximum atomic E-state index is 4.66. The molecular formula is C30H26IN2-. The van der Waals surface area contributed by atoms with Crippen molar-refractivity contribution in [3.05, 3.63) is 139 Å². The van der Waals surface area contributed by atoms with Crippen LogP contribution < -0.4 is 26.5 Å². The molecule has 2 heterocycles. The Labute approximate surface area is 206 Å². The van der Waals surface area contributed by atoms with Gasteiger partial charge >= 0.3 is 207 Å². The van der Waals surface area contributed by atoms with Crippen LogP contribution in [0.2, 0.25) is 0 Å². The van der Waals surface area contributed by atoms with Crippen molar-refractivity contribution in [1.82, 2.24) is 10.3 Å². The number of aromatic nitrogens is 1. The molecule has 0 amide bonds. The summed E-state index contributed by atoms with van der Waals surface area (Å²) in [5.41, 5.74) is 8.81. The maximum absolute atomic E-state index is 4.66. The van der Waals surface area contributed by atoms with Crippen LogP contribution in [-0.4, -0.2) is 4.98 Å². The van der Waals surface area contributed by atoms with Gasteiger partial charge in [0.1, 0.15) is 0 Å². The van der Waals surface area contributed by atoms with Gasteiger partial charge in [-0.2, -0.15) is 0 Å². The van der Waals surface area contributed by atoms with E-state index in [-0.39, 0.29) is 27.2 Å². The molecule has 1 unspecified atom stereocenters. The Balaban J connectivity index is 1.48. The van der Waals surface area contributed by atoms with Crippen molar-refractivity contribution in [2.75, 3.05) is 0 Å². The molecule has 164 valence electrons. The molecule has 1 aliphatic rings. The first-order valence-electron chi connectivity index (χ1n) is 11.2. The van der Waals surface area contributed by atoms with Gasteiger partial charge in [0.25, 0.3) is 0 Å². The van der Waals surface area contributed by atoms with Crippen LogP contribution >= 0.6 is 0 Å². The quantitative estimate of drug-likeness (QED) is 0.389. The summed E-state index contributed by atoms with van der Waals surface area (Å²) in [5.74, 6) is 0. The van der Waals surface area contributed by atoms with Crippen molar-refractivity contribution in [3.8, 4) is 11.3 Å². The molecule has 2 nitrogen and oxygen atoms in total. The predicted molar refractivity (Wildman–Crippen MR) is 132 cm³/mol. The number of nitrogens with zero attached hydrogens (tertiary/aromatic N) is 1. The van der Waals surface area contributed by atoms with Crippen molar-refractivity contribution < 1.29 is 21.2 Å². The third-order valence-electron chi connectivity index (χ3n) is 5.92. The van der Waals surface area contributed by atoms with Crippen molar-refractivity contribution in [1.29, 1.82) is 0 Å². The number of hydrogen-bond donors (Lipinski definition) is 1. The Bertz CT molecular complexity index is 1320. The van der Waals surface area contributed by atoms with E-state index in [9.17, 15) is 0 Å². The Morgan fingerprint density at radius 2 is 1.52 bits per heavy atom. The van der Waals surface area contributed by atoms with Crippen molar-refractivity contribution in [2.45, 2.75) is 19.9 Å². The second-order valence-electron chi connectivity index (χ2n) is 8.18. The van der Waals surface area contributed by atoms with Crippen LogP contribution in [0.25, 0.3) is 16.8 Å². The number of pyridine rings is 1. The van der Waals surface area contributed by atoms with E-state index >= 15 is 0 Å². The predicted octanol–water partition coefficient (Wildman–Crippen LogP) is 3.82. The van der Waals surface area contributed by atoms with Crippen LogP contribution in [0, 0.1) is 14.1 Å². The number of dihydropyridines is 1. The number of aryl methyl sites for hydroxylation is 1. The first-order valence-corrected chi connectivity index (χ1v) is 13.3. The number of halogens is 1. The molecule has 33 heavy (non-hydrogen) atoms. The van der Waals surface area contributed by atoms with Crippen molar-refractivity contribution >= 4 is 5.57 Å². The van der Waals surface area contributed by atoms with Gasteiger partial charge in [-0.15, -0.1) is 0 Å². The van der Waals surface area contributed by atoms with E-state index < -0.39 is 0 Å². The van der Waals surface area contributed by atoms with E-state index in [0.29, 0.717) is 0 Å². The molecular weight excluding hydrogens is 515 g/mol. The summed E-state index contributed by atoms with van der Waals surface area (Å²) in [5, 5.41) is 3.67. The Morgan fingerprint density at radius 1 is 0.758 bits per heavy atom. The molecule has 4 aromatic rings. The van der Waals surface area contributed by atoms with Crippen LogP contribution in [0.5, 0.6) is 0 Å². The third-order valence-corrected chi connectivity index (χ3v) is 8.96. The number of hydrogen-bond acceptors (Lipinski definition) is 2. The molecule has 3 heteroatoms. The van der Waals surface area contributed by atoms with E-state index in [1.54, 1.807) is 0 Å². The molecule has 1 N–H and O–H groups in total. The zero-order valence-electron chi connectivity index (χ0n) is 18.8. The second kappa shape index (κ2) is 9.75. The van der Waals surface area contributed by atoms with Gasteiger partial charge < -0.3 is 0 Å². The first-order chi connectivity index (χ1) is 16.2. The fourth-order valence-corrected chi connectivity index (χ4v) is 7.45. The summed E-state index contributed by atoms with van der Waals surface area (Å²) in [6, 6.07) is 32.5. The van der Waals surface area contributed by atoms with Crippen molar-refractivity contribution in [2.24, 2.45) is 0 Å². The average Bonchev–Trinajstić information content (AvgIpc) is 2.85. The minimum atomic E-state index is -0.385. The second-order valence-corrected chi connectivity index (χ2v) is 11.0. The molecule has 3 aromatic carbocycles. The fourth-order valence-electron chi connectivity index (χ4n) is 4.25. The zero-order valence-corrected chi connectivity index (χ0v) is 21.0. The third kappa shape index (κ3) is 4.64. The number of rotatable bonds is 5. The van der Waals surface area contributed by atoms with Gasteiger partial charge in [-0.3, -0.25) is 0 Å². The van der Waals surface area contributed by atoms with Gasteiger partial charge in [-0.1, -0.05) is 0 Å². The normalized spacial score (nSPS) is 15.5. The standard InChI is InChI=1S/C30H26IN2/c1-21-11-10-16-27(30(21)28-17-8-9-18-32-28)31-26-15-7-6-14-24(26)29-19-22(2)25(20-33-29)23-12-4-3-5-13-23/h3-20,29,33H,1-2H3/q-1. The first kappa shape index (κ1) is 21.7. The van der Waals surface area contributed by atoms with Crippen LogP contribution in [-0.2, 0) is 0 Å². The van der Waals surface area contributed by atoms with E-state index in [4.69, 9.17) is 0 Å². The monoisotopic (exact) mass is 541 g/mol. The molecule has 1 aliphatic heterocycles.